The van der Waals surface area contributed by atoms with Crippen LogP contribution in [-0.2, 0) is 25.7 Å². The van der Waals surface area contributed by atoms with Gasteiger partial charge in [0.1, 0.15) is 0 Å². The number of imide groups is 1. The number of carboxylic acid groups (broad SMARTS) is 1. The van der Waals surface area contributed by atoms with Crippen molar-refractivity contribution in [2.75, 3.05) is 4.90 Å². The van der Waals surface area contributed by atoms with E-state index in [2.05, 4.69) is 6.07 Å². The number of aliphatic carboxylic acids is 1. The summed E-state index contributed by atoms with van der Waals surface area (Å²) in [6, 6.07) is 16.3. The quantitative estimate of drug-likeness (QED) is 0.670. The number of rotatable bonds is 3. The molecule has 2 aromatic rings. The van der Waals surface area contributed by atoms with Gasteiger partial charge in [0, 0.05) is 12.6 Å². The Labute approximate surface area is 198 Å². The lowest BCUT2D eigenvalue weighted by Crippen LogP contribution is -2.48. The number of carboxylic acids is 1. The molecule has 2 fully saturated rings. The Kier molecular flexibility index (Phi) is 6.33. The van der Waals surface area contributed by atoms with Gasteiger partial charge in [0.05, 0.1) is 23.6 Å². The number of nitrogens with zero attached hydrogens (tertiary/aromatic N) is 2. The Bertz CT molecular complexity index is 1210. The van der Waals surface area contributed by atoms with Crippen LogP contribution in [0.25, 0.3) is 0 Å². The van der Waals surface area contributed by atoms with Crippen molar-refractivity contribution in [1.29, 1.82) is 0 Å². The number of para-hydroxylation sites is 1. The van der Waals surface area contributed by atoms with Crippen LogP contribution in [0.2, 0.25) is 0 Å². The van der Waals surface area contributed by atoms with Gasteiger partial charge in [-0.25, -0.2) is 9.69 Å². The first kappa shape index (κ1) is 24.3. The standard InChI is InChI=1S/C23H20N2O3.C2HF3O2/c1-14-6-5-7-15(12-14)13-24-17-10-11-18(26)21(24)20-19(17)22(27)25(23(20)28)16-8-3-2-4-9-16;3-2(4,5)1(6)7/h2-12,17,19-21H,13H2,1H3;(H,6,7). The number of ketones is 1. The highest BCUT2D eigenvalue weighted by Gasteiger charge is 2.64. The number of carbonyl (C=O) groups excluding carboxylic acids is 3. The second-order valence-corrected chi connectivity index (χ2v) is 8.56. The molecule has 0 spiro atoms. The van der Waals surface area contributed by atoms with Gasteiger partial charge < -0.3 is 5.11 Å². The van der Waals surface area contributed by atoms with Gasteiger partial charge in [-0.1, -0.05) is 54.1 Å². The summed E-state index contributed by atoms with van der Waals surface area (Å²) >= 11 is 0. The maximum absolute atomic E-state index is 13.2. The van der Waals surface area contributed by atoms with Crippen LogP contribution in [0.5, 0.6) is 0 Å². The molecule has 2 aromatic carbocycles. The molecule has 35 heavy (non-hydrogen) atoms. The van der Waals surface area contributed by atoms with Crippen LogP contribution in [0.3, 0.4) is 0 Å². The number of alkyl halides is 3. The van der Waals surface area contributed by atoms with E-state index in [-0.39, 0.29) is 23.6 Å². The third-order valence-corrected chi connectivity index (χ3v) is 6.30. The predicted octanol–water partition coefficient (Wildman–Crippen LogP) is 3.13. The Morgan fingerprint density at radius 2 is 1.60 bits per heavy atom. The van der Waals surface area contributed by atoms with E-state index in [1.54, 1.807) is 36.4 Å². The zero-order valence-electron chi connectivity index (χ0n) is 18.5. The Balaban J connectivity index is 0.000000364. The second kappa shape index (κ2) is 9.10. The molecule has 0 aliphatic carbocycles. The molecule has 0 aromatic heterocycles. The van der Waals surface area contributed by atoms with Crippen LogP contribution in [0.15, 0.2) is 66.7 Å². The van der Waals surface area contributed by atoms with Crippen molar-refractivity contribution < 1.29 is 37.5 Å². The minimum absolute atomic E-state index is 0.0903. The van der Waals surface area contributed by atoms with Crippen LogP contribution in [0, 0.1) is 18.8 Å². The molecule has 2 amide bonds. The lowest BCUT2D eigenvalue weighted by Gasteiger charge is -2.33. The number of hydrogen-bond donors (Lipinski definition) is 1. The number of benzene rings is 2. The highest BCUT2D eigenvalue weighted by atomic mass is 19.4. The predicted molar refractivity (Wildman–Crippen MR) is 118 cm³/mol. The molecule has 3 aliphatic heterocycles. The van der Waals surface area contributed by atoms with Gasteiger partial charge in [-0.05, 0) is 30.7 Å². The summed E-state index contributed by atoms with van der Waals surface area (Å²) in [5, 5.41) is 7.12. The van der Waals surface area contributed by atoms with Gasteiger partial charge in [-0.3, -0.25) is 19.3 Å². The maximum atomic E-state index is 13.2. The number of halogens is 3. The van der Waals surface area contributed by atoms with Crippen molar-refractivity contribution in [3.8, 4) is 0 Å². The van der Waals surface area contributed by atoms with E-state index < -0.39 is 30.0 Å². The highest BCUT2D eigenvalue weighted by molar-refractivity contribution is 6.24. The number of aryl methyl sites for hydroxylation is 1. The summed E-state index contributed by atoms with van der Waals surface area (Å²) in [6.07, 6.45) is -1.73. The number of fused-ring (bicyclic) bond motifs is 5. The molecule has 182 valence electrons. The van der Waals surface area contributed by atoms with Crippen molar-refractivity contribution in [3.63, 3.8) is 0 Å². The molecule has 2 bridgehead atoms. The Morgan fingerprint density at radius 1 is 0.971 bits per heavy atom. The van der Waals surface area contributed by atoms with Crippen molar-refractivity contribution >= 4 is 29.3 Å². The maximum Gasteiger partial charge on any atom is 0.490 e. The number of hydrogen-bond acceptors (Lipinski definition) is 5. The molecule has 3 aliphatic rings. The third kappa shape index (κ3) is 4.49. The summed E-state index contributed by atoms with van der Waals surface area (Å²) < 4.78 is 31.7. The summed E-state index contributed by atoms with van der Waals surface area (Å²) in [5.74, 6) is -4.45. The first-order chi connectivity index (χ1) is 16.5. The largest absolute Gasteiger partial charge is 0.490 e. The molecule has 5 rings (SSSR count). The SMILES string of the molecule is Cc1cccc(CN2C3C=CC(=O)C2C2C(=O)N(c4ccccc4)C(=O)C23)c1.O=C(O)C(F)(F)F. The second-order valence-electron chi connectivity index (χ2n) is 8.56. The fourth-order valence-electron chi connectivity index (χ4n) is 4.92. The van der Waals surface area contributed by atoms with Gasteiger partial charge in [0.25, 0.3) is 0 Å². The van der Waals surface area contributed by atoms with Crippen LogP contribution in [0.4, 0.5) is 18.9 Å². The van der Waals surface area contributed by atoms with E-state index in [1.807, 2.05) is 36.1 Å². The molecule has 1 N–H and O–H groups in total. The number of anilines is 1. The summed E-state index contributed by atoms with van der Waals surface area (Å²) in [6.45, 7) is 2.57. The molecule has 2 saturated heterocycles. The average molecular weight is 486 g/mol. The smallest absolute Gasteiger partial charge is 0.475 e. The average Bonchev–Trinajstić information content (AvgIpc) is 3.17. The summed E-state index contributed by atoms with van der Waals surface area (Å²) in [5.41, 5.74) is 2.80. The minimum atomic E-state index is -5.08. The summed E-state index contributed by atoms with van der Waals surface area (Å²) in [7, 11) is 0. The van der Waals surface area contributed by atoms with Crippen molar-refractivity contribution in [1.82, 2.24) is 4.90 Å². The van der Waals surface area contributed by atoms with E-state index in [4.69, 9.17) is 9.90 Å². The van der Waals surface area contributed by atoms with E-state index in [1.165, 1.54) is 4.90 Å². The molecule has 3 heterocycles. The molecule has 4 unspecified atom stereocenters. The monoisotopic (exact) mass is 486 g/mol. The van der Waals surface area contributed by atoms with Crippen LogP contribution in [-0.4, -0.2) is 51.8 Å². The van der Waals surface area contributed by atoms with E-state index in [9.17, 15) is 27.6 Å². The van der Waals surface area contributed by atoms with Crippen LogP contribution < -0.4 is 4.90 Å². The molecule has 10 heteroatoms. The molecular formula is C25H21F3N2O5. The zero-order valence-corrected chi connectivity index (χ0v) is 18.5. The number of amides is 2. The fourth-order valence-corrected chi connectivity index (χ4v) is 4.92. The van der Waals surface area contributed by atoms with Gasteiger partial charge in [0.2, 0.25) is 11.8 Å². The minimum Gasteiger partial charge on any atom is -0.475 e. The Hall–Kier alpha value is -3.79. The zero-order chi connectivity index (χ0) is 25.5. The highest BCUT2D eigenvalue weighted by Crippen LogP contribution is 2.47. The number of carbonyl (C=O) groups is 4. The molecule has 0 radical (unpaired) electrons. The lowest BCUT2D eigenvalue weighted by atomic mass is 9.90. The third-order valence-electron chi connectivity index (χ3n) is 6.30. The van der Waals surface area contributed by atoms with Gasteiger partial charge in [0.15, 0.2) is 5.78 Å². The van der Waals surface area contributed by atoms with Crippen LogP contribution >= 0.6 is 0 Å². The van der Waals surface area contributed by atoms with Crippen molar-refractivity contribution in [2.45, 2.75) is 31.7 Å². The lowest BCUT2D eigenvalue weighted by molar-refractivity contribution is -0.192. The van der Waals surface area contributed by atoms with Crippen molar-refractivity contribution in [2.24, 2.45) is 11.8 Å². The van der Waals surface area contributed by atoms with Gasteiger partial charge >= 0.3 is 12.1 Å². The first-order valence-corrected chi connectivity index (χ1v) is 10.8. The van der Waals surface area contributed by atoms with E-state index >= 15 is 0 Å². The Morgan fingerprint density at radius 3 is 2.20 bits per heavy atom. The molecule has 0 saturated carbocycles. The van der Waals surface area contributed by atoms with Gasteiger partial charge in [-0.15, -0.1) is 0 Å². The molecular weight excluding hydrogens is 465 g/mol. The van der Waals surface area contributed by atoms with E-state index in [0.717, 1.165) is 11.1 Å². The fraction of sp³-hybridized carbons (Fsp3) is 0.280. The van der Waals surface area contributed by atoms with Crippen LogP contribution in [0.1, 0.15) is 11.1 Å². The molecule has 7 nitrogen and oxygen atoms in total. The van der Waals surface area contributed by atoms with Gasteiger partial charge in [-0.2, -0.15) is 13.2 Å². The van der Waals surface area contributed by atoms with E-state index in [0.29, 0.717) is 12.2 Å². The topological polar surface area (TPSA) is 95.0 Å². The molecule has 4 atom stereocenters. The first-order valence-electron chi connectivity index (χ1n) is 10.8. The normalized spacial score (nSPS) is 25.4. The summed E-state index contributed by atoms with van der Waals surface area (Å²) in [4.78, 5) is 51.4. The van der Waals surface area contributed by atoms with Crippen molar-refractivity contribution in [3.05, 3.63) is 77.9 Å².